The van der Waals surface area contributed by atoms with Gasteiger partial charge in [0.15, 0.2) is 12.1 Å². The van der Waals surface area contributed by atoms with E-state index in [0.29, 0.717) is 5.56 Å². The quantitative estimate of drug-likeness (QED) is 0.603. The summed E-state index contributed by atoms with van der Waals surface area (Å²) in [6.45, 7) is 0.745. The number of hydrogen-bond acceptors (Lipinski definition) is 3. The van der Waals surface area contributed by atoms with Crippen LogP contribution in [0.25, 0.3) is 6.08 Å². The molecule has 0 saturated carbocycles. The van der Waals surface area contributed by atoms with Crippen molar-refractivity contribution in [3.63, 3.8) is 0 Å². The van der Waals surface area contributed by atoms with E-state index in [4.69, 9.17) is 9.47 Å². The SMILES string of the molecule is O=C(C=Cc1ccccc1OC1CCCCO1)c1ccccc1. The molecule has 23 heavy (non-hydrogen) atoms. The molecule has 0 spiro atoms. The fourth-order valence-corrected chi connectivity index (χ4v) is 2.54. The third-order valence-electron chi connectivity index (χ3n) is 3.79. The Labute approximate surface area is 136 Å². The molecule has 0 N–H and O–H groups in total. The summed E-state index contributed by atoms with van der Waals surface area (Å²) in [6.07, 6.45) is 6.30. The largest absolute Gasteiger partial charge is 0.464 e. The number of ketones is 1. The van der Waals surface area contributed by atoms with Crippen LogP contribution in [0.4, 0.5) is 0 Å². The van der Waals surface area contributed by atoms with Crippen molar-refractivity contribution >= 4 is 11.9 Å². The van der Waals surface area contributed by atoms with Crippen molar-refractivity contribution in [2.24, 2.45) is 0 Å². The minimum absolute atomic E-state index is 0.0191. The Morgan fingerprint density at radius 3 is 2.61 bits per heavy atom. The molecule has 0 radical (unpaired) electrons. The van der Waals surface area contributed by atoms with E-state index in [1.54, 1.807) is 12.2 Å². The maximum Gasteiger partial charge on any atom is 0.199 e. The summed E-state index contributed by atoms with van der Waals surface area (Å²) >= 11 is 0. The van der Waals surface area contributed by atoms with E-state index in [-0.39, 0.29) is 12.1 Å². The van der Waals surface area contributed by atoms with Crippen molar-refractivity contribution < 1.29 is 14.3 Å². The van der Waals surface area contributed by atoms with Gasteiger partial charge in [0, 0.05) is 17.5 Å². The standard InChI is InChI=1S/C20H20O3/c21-18(16-8-2-1-3-9-16)14-13-17-10-4-5-11-19(17)23-20-12-6-7-15-22-20/h1-5,8-11,13-14,20H,6-7,12,15H2. The molecule has 0 aliphatic carbocycles. The maximum atomic E-state index is 12.2. The monoisotopic (exact) mass is 308 g/mol. The van der Waals surface area contributed by atoms with Gasteiger partial charge >= 0.3 is 0 Å². The van der Waals surface area contributed by atoms with Gasteiger partial charge < -0.3 is 9.47 Å². The summed E-state index contributed by atoms with van der Waals surface area (Å²) in [5.74, 6) is 0.728. The zero-order valence-electron chi connectivity index (χ0n) is 13.0. The highest BCUT2D eigenvalue weighted by Gasteiger charge is 2.16. The first-order valence-corrected chi connectivity index (χ1v) is 7.98. The molecule has 2 aromatic rings. The maximum absolute atomic E-state index is 12.2. The van der Waals surface area contributed by atoms with Gasteiger partial charge in [-0.05, 0) is 31.1 Å². The molecule has 1 fully saturated rings. The van der Waals surface area contributed by atoms with Crippen LogP contribution in [0.2, 0.25) is 0 Å². The van der Waals surface area contributed by atoms with Crippen LogP contribution in [0.3, 0.4) is 0 Å². The Hall–Kier alpha value is -2.39. The van der Waals surface area contributed by atoms with Crippen LogP contribution in [0.5, 0.6) is 5.75 Å². The van der Waals surface area contributed by atoms with Gasteiger partial charge in [-0.25, -0.2) is 0 Å². The molecule has 118 valence electrons. The smallest absolute Gasteiger partial charge is 0.199 e. The molecule has 1 saturated heterocycles. The molecule has 1 aliphatic heterocycles. The van der Waals surface area contributed by atoms with Gasteiger partial charge in [0.25, 0.3) is 0 Å². The lowest BCUT2D eigenvalue weighted by Gasteiger charge is -2.24. The minimum Gasteiger partial charge on any atom is -0.464 e. The van der Waals surface area contributed by atoms with Crippen molar-refractivity contribution in [2.45, 2.75) is 25.6 Å². The van der Waals surface area contributed by atoms with Crippen LogP contribution in [0.15, 0.2) is 60.7 Å². The Balaban J connectivity index is 1.72. The number of benzene rings is 2. The summed E-state index contributed by atoms with van der Waals surface area (Å²) in [5.41, 5.74) is 1.56. The van der Waals surface area contributed by atoms with Gasteiger partial charge in [-0.15, -0.1) is 0 Å². The first-order chi connectivity index (χ1) is 11.3. The van der Waals surface area contributed by atoms with E-state index >= 15 is 0 Å². The molecular formula is C20H20O3. The van der Waals surface area contributed by atoms with Crippen molar-refractivity contribution in [3.8, 4) is 5.75 Å². The van der Waals surface area contributed by atoms with E-state index in [1.807, 2.05) is 54.6 Å². The lowest BCUT2D eigenvalue weighted by molar-refractivity contribution is -0.106. The zero-order valence-corrected chi connectivity index (χ0v) is 13.0. The average Bonchev–Trinajstić information content (AvgIpc) is 2.62. The Morgan fingerprint density at radius 2 is 1.83 bits per heavy atom. The predicted molar refractivity (Wildman–Crippen MR) is 90.5 cm³/mol. The first-order valence-electron chi connectivity index (χ1n) is 7.98. The molecule has 1 aliphatic rings. The molecule has 0 amide bonds. The van der Waals surface area contributed by atoms with E-state index in [0.717, 1.165) is 37.2 Å². The van der Waals surface area contributed by atoms with E-state index in [1.165, 1.54) is 0 Å². The number of ether oxygens (including phenoxy) is 2. The predicted octanol–water partition coefficient (Wildman–Crippen LogP) is 4.49. The normalized spacial score (nSPS) is 18.0. The summed E-state index contributed by atoms with van der Waals surface area (Å²) in [7, 11) is 0. The summed E-state index contributed by atoms with van der Waals surface area (Å²) in [4.78, 5) is 12.2. The second-order valence-corrected chi connectivity index (χ2v) is 5.52. The number of rotatable bonds is 5. The van der Waals surface area contributed by atoms with Crippen molar-refractivity contribution in [1.29, 1.82) is 0 Å². The van der Waals surface area contributed by atoms with Crippen LogP contribution < -0.4 is 4.74 Å². The Kier molecular flexibility index (Phi) is 5.22. The van der Waals surface area contributed by atoms with Crippen molar-refractivity contribution in [3.05, 3.63) is 71.8 Å². The van der Waals surface area contributed by atoms with Gasteiger partial charge in [-0.3, -0.25) is 4.79 Å². The Morgan fingerprint density at radius 1 is 1.04 bits per heavy atom. The number of allylic oxidation sites excluding steroid dienone is 1. The highest BCUT2D eigenvalue weighted by atomic mass is 16.7. The van der Waals surface area contributed by atoms with Gasteiger partial charge in [0.05, 0.1) is 6.61 Å². The molecule has 1 unspecified atom stereocenters. The number of carbonyl (C=O) groups excluding carboxylic acids is 1. The highest BCUT2D eigenvalue weighted by molar-refractivity contribution is 6.06. The van der Waals surface area contributed by atoms with Crippen LogP contribution in [0.1, 0.15) is 35.2 Å². The molecule has 2 aromatic carbocycles. The van der Waals surface area contributed by atoms with Crippen molar-refractivity contribution in [1.82, 2.24) is 0 Å². The number of hydrogen-bond donors (Lipinski definition) is 0. The van der Waals surface area contributed by atoms with E-state index in [2.05, 4.69) is 0 Å². The highest BCUT2D eigenvalue weighted by Crippen LogP contribution is 2.24. The average molecular weight is 308 g/mol. The van der Waals surface area contributed by atoms with E-state index < -0.39 is 0 Å². The van der Waals surface area contributed by atoms with Gasteiger partial charge in [0.1, 0.15) is 5.75 Å². The third-order valence-corrected chi connectivity index (χ3v) is 3.79. The summed E-state index contributed by atoms with van der Waals surface area (Å²) < 4.78 is 11.6. The molecule has 1 atom stereocenters. The minimum atomic E-state index is -0.192. The molecule has 1 heterocycles. The van der Waals surface area contributed by atoms with Crippen molar-refractivity contribution in [2.75, 3.05) is 6.61 Å². The number of para-hydroxylation sites is 1. The summed E-state index contributed by atoms with van der Waals surface area (Å²) in [5, 5.41) is 0. The van der Waals surface area contributed by atoms with Gasteiger partial charge in [-0.1, -0.05) is 48.5 Å². The zero-order chi connectivity index (χ0) is 15.9. The van der Waals surface area contributed by atoms with Crippen LogP contribution >= 0.6 is 0 Å². The number of carbonyl (C=O) groups is 1. The lowest BCUT2D eigenvalue weighted by atomic mass is 10.1. The second-order valence-electron chi connectivity index (χ2n) is 5.52. The second kappa shape index (κ2) is 7.75. The van der Waals surface area contributed by atoms with Gasteiger partial charge in [-0.2, -0.15) is 0 Å². The topological polar surface area (TPSA) is 35.5 Å². The molecular weight excluding hydrogens is 288 g/mol. The lowest BCUT2D eigenvalue weighted by Crippen LogP contribution is -2.25. The fourth-order valence-electron chi connectivity index (χ4n) is 2.54. The molecule has 3 rings (SSSR count). The van der Waals surface area contributed by atoms with Crippen LogP contribution in [-0.4, -0.2) is 18.7 Å². The third kappa shape index (κ3) is 4.30. The summed E-state index contributed by atoms with van der Waals surface area (Å²) in [6, 6.07) is 16.9. The molecule has 0 aromatic heterocycles. The Bertz CT molecular complexity index is 670. The molecule has 3 heteroatoms. The molecule has 3 nitrogen and oxygen atoms in total. The van der Waals surface area contributed by atoms with Crippen LogP contribution in [-0.2, 0) is 4.74 Å². The first kappa shape index (κ1) is 15.5. The molecule has 0 bridgehead atoms. The van der Waals surface area contributed by atoms with Crippen LogP contribution in [0, 0.1) is 0 Å². The fraction of sp³-hybridized carbons (Fsp3) is 0.250. The van der Waals surface area contributed by atoms with E-state index in [9.17, 15) is 4.79 Å². The van der Waals surface area contributed by atoms with Gasteiger partial charge in [0.2, 0.25) is 0 Å².